The first-order chi connectivity index (χ1) is 7.77. The highest BCUT2D eigenvalue weighted by Crippen LogP contribution is 2.19. The second-order valence-electron chi connectivity index (χ2n) is 3.38. The number of rotatable bonds is 4. The summed E-state index contributed by atoms with van der Waals surface area (Å²) in [4.78, 5) is 1.26. The standard InChI is InChI=1S/C12H11BrFNS/c13-11-4-1-5-12(14)10(11)8-15-7-9-3-2-6-16-9/h1-6,15H,7-8H2. The maximum atomic E-state index is 13.4. The highest BCUT2D eigenvalue weighted by atomic mass is 79.9. The predicted molar refractivity (Wildman–Crippen MR) is 69.0 cm³/mol. The van der Waals surface area contributed by atoms with Gasteiger partial charge in [0.15, 0.2) is 0 Å². The van der Waals surface area contributed by atoms with E-state index in [1.54, 1.807) is 17.4 Å². The van der Waals surface area contributed by atoms with Gasteiger partial charge < -0.3 is 5.32 Å². The molecule has 84 valence electrons. The molecule has 0 spiro atoms. The van der Waals surface area contributed by atoms with E-state index in [0.29, 0.717) is 12.1 Å². The normalized spacial score (nSPS) is 10.6. The van der Waals surface area contributed by atoms with Gasteiger partial charge in [0.2, 0.25) is 0 Å². The maximum absolute atomic E-state index is 13.4. The molecule has 2 rings (SSSR count). The summed E-state index contributed by atoms with van der Waals surface area (Å²) in [5.74, 6) is -0.173. The summed E-state index contributed by atoms with van der Waals surface area (Å²) in [7, 11) is 0. The molecular formula is C12H11BrFNS. The zero-order valence-electron chi connectivity index (χ0n) is 8.54. The van der Waals surface area contributed by atoms with Gasteiger partial charge in [-0.25, -0.2) is 4.39 Å². The lowest BCUT2D eigenvalue weighted by Crippen LogP contribution is -2.13. The molecule has 1 heterocycles. The van der Waals surface area contributed by atoms with Crippen molar-refractivity contribution in [1.82, 2.24) is 5.32 Å². The van der Waals surface area contributed by atoms with E-state index in [2.05, 4.69) is 27.3 Å². The van der Waals surface area contributed by atoms with E-state index in [-0.39, 0.29) is 5.82 Å². The van der Waals surface area contributed by atoms with Crippen LogP contribution in [0.4, 0.5) is 4.39 Å². The van der Waals surface area contributed by atoms with Gasteiger partial charge in [-0.1, -0.05) is 28.1 Å². The molecule has 0 saturated heterocycles. The third-order valence-electron chi connectivity index (χ3n) is 2.24. The Balaban J connectivity index is 1.95. The molecule has 0 aliphatic rings. The molecule has 2 aromatic rings. The van der Waals surface area contributed by atoms with Gasteiger partial charge in [0, 0.05) is 28.0 Å². The molecule has 0 fully saturated rings. The third-order valence-corrected chi connectivity index (χ3v) is 3.86. The molecule has 1 N–H and O–H groups in total. The van der Waals surface area contributed by atoms with Crippen LogP contribution in [0.2, 0.25) is 0 Å². The van der Waals surface area contributed by atoms with Gasteiger partial charge >= 0.3 is 0 Å². The molecule has 0 atom stereocenters. The summed E-state index contributed by atoms with van der Waals surface area (Å²) in [6.07, 6.45) is 0. The zero-order chi connectivity index (χ0) is 11.4. The van der Waals surface area contributed by atoms with E-state index >= 15 is 0 Å². The summed E-state index contributed by atoms with van der Waals surface area (Å²) in [6.45, 7) is 1.31. The zero-order valence-corrected chi connectivity index (χ0v) is 10.9. The smallest absolute Gasteiger partial charge is 0.128 e. The Hall–Kier alpha value is -0.710. The minimum absolute atomic E-state index is 0.173. The largest absolute Gasteiger partial charge is 0.308 e. The second kappa shape index (κ2) is 5.57. The molecule has 0 bridgehead atoms. The molecule has 4 heteroatoms. The quantitative estimate of drug-likeness (QED) is 0.902. The lowest BCUT2D eigenvalue weighted by molar-refractivity contribution is 0.587. The lowest BCUT2D eigenvalue weighted by atomic mass is 10.2. The van der Waals surface area contributed by atoms with Gasteiger partial charge in [0.25, 0.3) is 0 Å². The Morgan fingerprint density at radius 3 is 2.75 bits per heavy atom. The molecule has 0 amide bonds. The molecule has 1 aromatic heterocycles. The molecule has 16 heavy (non-hydrogen) atoms. The first-order valence-electron chi connectivity index (χ1n) is 4.93. The van der Waals surface area contributed by atoms with E-state index in [0.717, 1.165) is 11.0 Å². The highest BCUT2D eigenvalue weighted by molar-refractivity contribution is 9.10. The van der Waals surface area contributed by atoms with Gasteiger partial charge in [0.05, 0.1) is 0 Å². The molecule has 0 radical (unpaired) electrons. The summed E-state index contributed by atoms with van der Waals surface area (Å²) < 4.78 is 14.3. The van der Waals surface area contributed by atoms with Crippen LogP contribution >= 0.6 is 27.3 Å². The molecule has 0 aliphatic heterocycles. The number of hydrogen-bond acceptors (Lipinski definition) is 2. The van der Waals surface area contributed by atoms with Crippen molar-refractivity contribution in [3.05, 3.63) is 56.4 Å². The van der Waals surface area contributed by atoms with Crippen LogP contribution in [0.1, 0.15) is 10.4 Å². The summed E-state index contributed by atoms with van der Waals surface area (Å²) in [5.41, 5.74) is 0.680. The van der Waals surface area contributed by atoms with Crippen LogP contribution in [0.25, 0.3) is 0 Å². The van der Waals surface area contributed by atoms with Crippen LogP contribution in [0.3, 0.4) is 0 Å². The summed E-state index contributed by atoms with van der Waals surface area (Å²) in [6, 6.07) is 9.11. The Morgan fingerprint density at radius 2 is 2.06 bits per heavy atom. The SMILES string of the molecule is Fc1cccc(Br)c1CNCc1cccs1. The van der Waals surface area contributed by atoms with Crippen LogP contribution in [0.5, 0.6) is 0 Å². The molecular weight excluding hydrogens is 289 g/mol. The van der Waals surface area contributed by atoms with Crippen molar-refractivity contribution in [3.8, 4) is 0 Å². The Labute approximate surface area is 106 Å². The van der Waals surface area contributed by atoms with Gasteiger partial charge in [-0.05, 0) is 23.6 Å². The van der Waals surface area contributed by atoms with Crippen LogP contribution in [-0.2, 0) is 13.1 Å². The van der Waals surface area contributed by atoms with Gasteiger partial charge in [-0.15, -0.1) is 11.3 Å². The van der Waals surface area contributed by atoms with Crippen molar-refractivity contribution in [3.63, 3.8) is 0 Å². The number of thiophene rings is 1. The van der Waals surface area contributed by atoms with Crippen LogP contribution in [0.15, 0.2) is 40.2 Å². The molecule has 0 unspecified atom stereocenters. The fourth-order valence-electron chi connectivity index (χ4n) is 1.43. The molecule has 0 aliphatic carbocycles. The molecule has 1 aromatic carbocycles. The van der Waals surface area contributed by atoms with Crippen molar-refractivity contribution in [2.75, 3.05) is 0 Å². The van der Waals surface area contributed by atoms with Crippen LogP contribution in [-0.4, -0.2) is 0 Å². The predicted octanol–water partition coefficient (Wildman–Crippen LogP) is 3.94. The monoisotopic (exact) mass is 299 g/mol. The van der Waals surface area contributed by atoms with Crippen molar-refractivity contribution >= 4 is 27.3 Å². The Kier molecular flexibility index (Phi) is 4.09. The second-order valence-corrected chi connectivity index (χ2v) is 5.27. The number of halogens is 2. The Bertz CT molecular complexity index is 436. The third kappa shape index (κ3) is 2.90. The van der Waals surface area contributed by atoms with Gasteiger partial charge in [0.1, 0.15) is 5.82 Å². The van der Waals surface area contributed by atoms with E-state index in [4.69, 9.17) is 0 Å². The van der Waals surface area contributed by atoms with Gasteiger partial charge in [-0.3, -0.25) is 0 Å². The number of benzene rings is 1. The fourth-order valence-corrected chi connectivity index (χ4v) is 2.58. The van der Waals surface area contributed by atoms with Gasteiger partial charge in [-0.2, -0.15) is 0 Å². The highest BCUT2D eigenvalue weighted by Gasteiger charge is 2.05. The summed E-state index contributed by atoms with van der Waals surface area (Å²) in [5, 5.41) is 5.26. The molecule has 0 saturated carbocycles. The van der Waals surface area contributed by atoms with E-state index in [1.165, 1.54) is 10.9 Å². The number of nitrogens with one attached hydrogen (secondary N) is 1. The van der Waals surface area contributed by atoms with Crippen LogP contribution in [0, 0.1) is 5.82 Å². The average Bonchev–Trinajstić information content (AvgIpc) is 2.75. The summed E-state index contributed by atoms with van der Waals surface area (Å²) >= 11 is 5.05. The van der Waals surface area contributed by atoms with Crippen molar-refractivity contribution < 1.29 is 4.39 Å². The van der Waals surface area contributed by atoms with E-state index < -0.39 is 0 Å². The minimum atomic E-state index is -0.173. The lowest BCUT2D eigenvalue weighted by Gasteiger charge is -2.06. The van der Waals surface area contributed by atoms with Crippen molar-refractivity contribution in [2.24, 2.45) is 0 Å². The van der Waals surface area contributed by atoms with Crippen molar-refractivity contribution in [1.29, 1.82) is 0 Å². The maximum Gasteiger partial charge on any atom is 0.128 e. The van der Waals surface area contributed by atoms with Crippen LogP contribution < -0.4 is 5.32 Å². The average molecular weight is 300 g/mol. The first-order valence-corrected chi connectivity index (χ1v) is 6.60. The van der Waals surface area contributed by atoms with E-state index in [1.807, 2.05) is 17.5 Å². The fraction of sp³-hybridized carbons (Fsp3) is 0.167. The van der Waals surface area contributed by atoms with Crippen molar-refractivity contribution in [2.45, 2.75) is 13.1 Å². The van der Waals surface area contributed by atoms with E-state index in [9.17, 15) is 4.39 Å². The first kappa shape index (κ1) is 11.8. The topological polar surface area (TPSA) is 12.0 Å². The Morgan fingerprint density at radius 1 is 1.19 bits per heavy atom. The minimum Gasteiger partial charge on any atom is -0.308 e. The molecule has 1 nitrogen and oxygen atoms in total. The number of hydrogen-bond donors (Lipinski definition) is 1.